The van der Waals surface area contributed by atoms with Crippen molar-refractivity contribution in [3.05, 3.63) is 72.9 Å². The Morgan fingerprint density at radius 1 is 0.383 bits per heavy atom. The standard InChI is InChI=1S/C55H96O5/c1-4-7-10-13-16-19-22-24-26-27-28-29-31-32-34-36-39-42-45-48-54(56)59-52-53(51-58-50-47-44-41-38-21-18-15-12-9-6-3)60-55(57)49-46-43-40-37-35-33-30-25-23-20-17-14-11-8-5-2/h8,11,16-17,19-20,24-26,30,35,37,53H,4-7,9-10,12-15,18,21-23,27-29,31-34,36,38-52H2,1-3H3/b11-8-,19-16-,20-17-,26-24-,30-25-,37-35-. The molecule has 0 saturated heterocycles. The van der Waals surface area contributed by atoms with E-state index in [0.29, 0.717) is 19.4 Å². The highest BCUT2D eigenvalue weighted by Gasteiger charge is 2.17. The predicted molar refractivity (Wildman–Crippen MR) is 260 cm³/mol. The van der Waals surface area contributed by atoms with Crippen LogP contribution in [0, 0.1) is 0 Å². The van der Waals surface area contributed by atoms with E-state index >= 15 is 0 Å². The first-order valence-electron chi connectivity index (χ1n) is 25.5. The Bertz CT molecular complexity index is 1080. The third kappa shape index (κ3) is 48.0. The highest BCUT2D eigenvalue weighted by molar-refractivity contribution is 5.70. The molecule has 5 heteroatoms. The Morgan fingerprint density at radius 3 is 1.27 bits per heavy atom. The van der Waals surface area contributed by atoms with Crippen LogP contribution in [0.1, 0.15) is 239 Å². The Hall–Kier alpha value is -2.66. The highest BCUT2D eigenvalue weighted by Crippen LogP contribution is 2.14. The van der Waals surface area contributed by atoms with Gasteiger partial charge in [-0.15, -0.1) is 0 Å². The Kier molecular flexibility index (Phi) is 48.4. The third-order valence-electron chi connectivity index (χ3n) is 10.7. The van der Waals surface area contributed by atoms with Crippen molar-refractivity contribution in [1.29, 1.82) is 0 Å². The summed E-state index contributed by atoms with van der Waals surface area (Å²) in [5.74, 6) is -0.447. The summed E-state index contributed by atoms with van der Waals surface area (Å²) in [4.78, 5) is 25.3. The SMILES string of the molecule is CC/C=C\C/C=C\C/C=C\C/C=C\CCCCC(=O)OC(COCCCCCCCCCCCC)COC(=O)CCCCCCCCCCC/C=C\C/C=C\CCCCC. The number of carbonyl (C=O) groups is 2. The summed E-state index contributed by atoms with van der Waals surface area (Å²) in [6, 6.07) is 0. The summed E-state index contributed by atoms with van der Waals surface area (Å²) in [6.45, 7) is 7.65. The fourth-order valence-electron chi connectivity index (χ4n) is 6.94. The molecule has 346 valence electrons. The molecule has 0 radical (unpaired) electrons. The van der Waals surface area contributed by atoms with Crippen molar-refractivity contribution in [2.45, 2.75) is 245 Å². The van der Waals surface area contributed by atoms with Crippen LogP contribution in [0.2, 0.25) is 0 Å². The van der Waals surface area contributed by atoms with Crippen molar-refractivity contribution in [3.63, 3.8) is 0 Å². The monoisotopic (exact) mass is 837 g/mol. The van der Waals surface area contributed by atoms with Gasteiger partial charge in [0, 0.05) is 19.4 Å². The number of esters is 2. The van der Waals surface area contributed by atoms with Crippen molar-refractivity contribution in [3.8, 4) is 0 Å². The molecule has 0 aliphatic heterocycles. The zero-order valence-corrected chi connectivity index (χ0v) is 39.7. The summed E-state index contributed by atoms with van der Waals surface area (Å²) in [7, 11) is 0. The van der Waals surface area contributed by atoms with Crippen LogP contribution in [-0.2, 0) is 23.8 Å². The van der Waals surface area contributed by atoms with Crippen molar-refractivity contribution in [1.82, 2.24) is 0 Å². The lowest BCUT2D eigenvalue weighted by atomic mass is 10.1. The third-order valence-corrected chi connectivity index (χ3v) is 10.7. The number of carbonyl (C=O) groups excluding carboxylic acids is 2. The maximum atomic E-state index is 12.8. The number of hydrogen-bond acceptors (Lipinski definition) is 5. The lowest BCUT2D eigenvalue weighted by Gasteiger charge is -2.18. The van der Waals surface area contributed by atoms with Crippen LogP contribution in [-0.4, -0.2) is 37.9 Å². The molecule has 0 aromatic rings. The summed E-state index contributed by atoms with van der Waals surface area (Å²) in [5, 5.41) is 0. The normalized spacial score (nSPS) is 12.8. The molecule has 0 aromatic carbocycles. The van der Waals surface area contributed by atoms with E-state index in [1.165, 1.54) is 122 Å². The van der Waals surface area contributed by atoms with Gasteiger partial charge < -0.3 is 14.2 Å². The molecular formula is C55H96O5. The van der Waals surface area contributed by atoms with Crippen molar-refractivity contribution >= 4 is 11.9 Å². The van der Waals surface area contributed by atoms with E-state index in [4.69, 9.17) is 14.2 Å². The smallest absolute Gasteiger partial charge is 0.306 e. The molecule has 0 aliphatic carbocycles. The molecule has 5 nitrogen and oxygen atoms in total. The summed E-state index contributed by atoms with van der Waals surface area (Å²) in [5.41, 5.74) is 0. The average Bonchev–Trinajstić information content (AvgIpc) is 3.25. The molecule has 1 unspecified atom stereocenters. The van der Waals surface area contributed by atoms with E-state index in [-0.39, 0.29) is 25.2 Å². The van der Waals surface area contributed by atoms with Gasteiger partial charge in [0.2, 0.25) is 0 Å². The van der Waals surface area contributed by atoms with Crippen LogP contribution in [0.25, 0.3) is 0 Å². The second-order valence-electron chi connectivity index (χ2n) is 16.7. The van der Waals surface area contributed by atoms with Gasteiger partial charge in [-0.1, -0.05) is 209 Å². The molecule has 0 spiro atoms. The molecule has 0 saturated carbocycles. The maximum absolute atomic E-state index is 12.8. The number of ether oxygens (including phenoxy) is 3. The lowest BCUT2D eigenvalue weighted by molar-refractivity contribution is -0.163. The van der Waals surface area contributed by atoms with E-state index in [9.17, 15) is 9.59 Å². The van der Waals surface area contributed by atoms with Gasteiger partial charge in [-0.3, -0.25) is 9.59 Å². The molecule has 60 heavy (non-hydrogen) atoms. The summed E-state index contributed by atoms with van der Waals surface area (Å²) < 4.78 is 17.3. The largest absolute Gasteiger partial charge is 0.462 e. The first-order valence-corrected chi connectivity index (χ1v) is 25.5. The van der Waals surface area contributed by atoms with E-state index in [1.807, 2.05) is 0 Å². The molecule has 1 atom stereocenters. The van der Waals surface area contributed by atoms with Crippen LogP contribution in [0.4, 0.5) is 0 Å². The summed E-state index contributed by atoms with van der Waals surface area (Å²) >= 11 is 0. The first kappa shape index (κ1) is 57.3. The first-order chi connectivity index (χ1) is 29.6. The zero-order valence-electron chi connectivity index (χ0n) is 39.7. The molecule has 0 N–H and O–H groups in total. The number of rotatable bonds is 46. The van der Waals surface area contributed by atoms with E-state index in [0.717, 1.165) is 83.5 Å². The van der Waals surface area contributed by atoms with Gasteiger partial charge in [0.1, 0.15) is 6.61 Å². The minimum atomic E-state index is -0.558. The topological polar surface area (TPSA) is 61.8 Å². The van der Waals surface area contributed by atoms with Crippen molar-refractivity contribution < 1.29 is 23.8 Å². The molecule has 0 amide bonds. The van der Waals surface area contributed by atoms with Gasteiger partial charge in [-0.2, -0.15) is 0 Å². The molecule has 0 bridgehead atoms. The van der Waals surface area contributed by atoms with Gasteiger partial charge in [-0.05, 0) is 89.9 Å². The van der Waals surface area contributed by atoms with E-state index in [2.05, 4.69) is 93.7 Å². The molecule has 0 aromatic heterocycles. The van der Waals surface area contributed by atoms with Crippen molar-refractivity contribution in [2.24, 2.45) is 0 Å². The predicted octanol–water partition coefficient (Wildman–Crippen LogP) is 17.1. The lowest BCUT2D eigenvalue weighted by Crippen LogP contribution is -2.30. The Morgan fingerprint density at radius 2 is 0.750 bits per heavy atom. The average molecular weight is 837 g/mol. The van der Waals surface area contributed by atoms with Crippen molar-refractivity contribution in [2.75, 3.05) is 19.8 Å². The second kappa shape index (κ2) is 50.7. The zero-order chi connectivity index (χ0) is 43.5. The molecule has 0 rings (SSSR count). The number of hydrogen-bond donors (Lipinski definition) is 0. The minimum Gasteiger partial charge on any atom is -0.462 e. The number of allylic oxidation sites excluding steroid dienone is 12. The van der Waals surface area contributed by atoms with Gasteiger partial charge in [0.25, 0.3) is 0 Å². The van der Waals surface area contributed by atoms with Crippen LogP contribution in [0.15, 0.2) is 72.9 Å². The van der Waals surface area contributed by atoms with Crippen LogP contribution < -0.4 is 0 Å². The fourth-order valence-corrected chi connectivity index (χ4v) is 6.94. The highest BCUT2D eigenvalue weighted by atomic mass is 16.6. The van der Waals surface area contributed by atoms with Gasteiger partial charge in [0.15, 0.2) is 6.10 Å². The minimum absolute atomic E-state index is 0.0660. The van der Waals surface area contributed by atoms with E-state index in [1.54, 1.807) is 0 Å². The van der Waals surface area contributed by atoms with Gasteiger partial charge >= 0.3 is 11.9 Å². The molecule has 0 heterocycles. The molecule has 0 fully saturated rings. The second-order valence-corrected chi connectivity index (χ2v) is 16.7. The van der Waals surface area contributed by atoms with Gasteiger partial charge in [0.05, 0.1) is 6.61 Å². The quantitative estimate of drug-likeness (QED) is 0.0347. The Balaban J connectivity index is 4.26. The van der Waals surface area contributed by atoms with Gasteiger partial charge in [-0.25, -0.2) is 0 Å². The van der Waals surface area contributed by atoms with Crippen LogP contribution >= 0.6 is 0 Å². The fraction of sp³-hybridized carbons (Fsp3) is 0.745. The molecule has 0 aliphatic rings. The Labute approximate surface area is 372 Å². The maximum Gasteiger partial charge on any atom is 0.306 e. The summed E-state index contributed by atoms with van der Waals surface area (Å²) in [6.07, 6.45) is 64.8. The van der Waals surface area contributed by atoms with Crippen LogP contribution in [0.5, 0.6) is 0 Å². The number of unbranched alkanes of at least 4 members (excludes halogenated alkanes) is 23. The molecular weight excluding hydrogens is 741 g/mol. The van der Waals surface area contributed by atoms with Crippen LogP contribution in [0.3, 0.4) is 0 Å². The van der Waals surface area contributed by atoms with E-state index < -0.39 is 6.10 Å².